The van der Waals surface area contributed by atoms with Gasteiger partial charge in [-0.3, -0.25) is 28.8 Å². The van der Waals surface area contributed by atoms with Crippen LogP contribution in [0.5, 0.6) is 11.5 Å². The topological polar surface area (TPSA) is 304 Å². The van der Waals surface area contributed by atoms with Gasteiger partial charge in [-0.1, -0.05) is 0 Å². The fourth-order valence-electron chi connectivity index (χ4n) is 7.05. The number of carbonyl (C=O) groups excluding carboxylic acids is 4. The molecule has 0 radical (unpaired) electrons. The number of rotatable bonds is 17. The van der Waals surface area contributed by atoms with E-state index in [0.717, 1.165) is 0 Å². The number of nitrogens with two attached hydrogens (primary N) is 2. The number of fused-ring (bicyclic) bond motifs is 1. The number of amides is 4. The molecule has 61 heavy (non-hydrogen) atoms. The smallest absolute Gasteiger partial charge is 0.489 e. The fourth-order valence-corrected chi connectivity index (χ4v) is 7.47. The number of nitrogens with zero attached hydrogens (tertiary/aromatic N) is 8. The van der Waals surface area contributed by atoms with Crippen LogP contribution in [0.3, 0.4) is 0 Å². The van der Waals surface area contributed by atoms with Crippen LogP contribution in [0.1, 0.15) is 79.4 Å². The molecule has 22 nitrogen and oxygen atoms in total. The van der Waals surface area contributed by atoms with Crippen molar-refractivity contribution in [3.63, 3.8) is 0 Å². The maximum atomic E-state index is 13.8. The number of benzene rings is 2. The second-order valence-electron chi connectivity index (χ2n) is 14.1. The third-order valence-electron chi connectivity index (χ3n) is 9.67. The summed E-state index contributed by atoms with van der Waals surface area (Å²) >= 11 is 0. The summed E-state index contributed by atoms with van der Waals surface area (Å²) in [5.74, 6) is -1.65. The molecule has 0 bridgehead atoms. The SMILES string of the molecule is CCn1nc(C)cc1C(=O)Nc1nc2cc(C(N)=O)cc(OCCCO[PH](O)(O)O)c2n1C/C=C/[C@H]1COc2cc(C(N)=O)cc3nc(NC(=O)c4cc(C)nn4CC)n1c23. The molecule has 1 aliphatic heterocycles. The number of hydrogen-bond donors (Lipinski definition) is 7. The molecule has 0 spiro atoms. The third-order valence-corrected chi connectivity index (χ3v) is 10.3. The Kier molecular flexibility index (Phi) is 11.9. The molecule has 322 valence electrons. The van der Waals surface area contributed by atoms with Crippen LogP contribution in [0.4, 0.5) is 11.9 Å². The van der Waals surface area contributed by atoms with E-state index in [2.05, 4.69) is 30.3 Å². The summed E-state index contributed by atoms with van der Waals surface area (Å²) in [6, 6.07) is 8.66. The molecule has 6 aromatic rings. The molecule has 0 fully saturated rings. The first-order valence-corrected chi connectivity index (χ1v) is 20.9. The van der Waals surface area contributed by atoms with Crippen LogP contribution in [0.2, 0.25) is 0 Å². The number of carbonyl (C=O) groups is 4. The average Bonchev–Trinajstić information content (AvgIpc) is 3.97. The number of ether oxygens (including phenoxy) is 2. The van der Waals surface area contributed by atoms with Gasteiger partial charge in [-0.05, 0) is 52.0 Å². The summed E-state index contributed by atoms with van der Waals surface area (Å²) in [7, 11) is -4.75. The molecular weight excluding hydrogens is 815 g/mol. The number of nitrogens with one attached hydrogen (secondary N) is 2. The minimum atomic E-state index is -4.75. The van der Waals surface area contributed by atoms with Gasteiger partial charge in [0.1, 0.15) is 23.6 Å². The van der Waals surface area contributed by atoms with E-state index in [1.807, 2.05) is 19.9 Å². The Hall–Kier alpha value is -6.71. The van der Waals surface area contributed by atoms with Gasteiger partial charge in [0.25, 0.3) is 5.91 Å². The van der Waals surface area contributed by atoms with E-state index >= 15 is 0 Å². The normalized spacial score (nSPS) is 14.1. The number of primary amides is 2. The standard InChI is InChI=1S/C38H45N12O10P/c1-5-48-27(13-20(3)45-48)35(53)43-37-41-25-15-22(33(39)51)17-29(58-11-8-12-60-61(55,56)57)31(25)47(37)10-7-9-24-19-59-30-18-23(34(40)52)16-26-32(30)50(24)38(42-26)44-36(54)28-14-21(4)46-49(28)6-2/h7,9,13-18,24,55-57,61H,5-6,8,10-12,19H2,1-4H3,(H2,39,51)(H2,40,52)(H,41,43,53)(H,42,44,54)/b9-7+/t24-/m0/s1. The van der Waals surface area contributed by atoms with Gasteiger partial charge in [-0.15, -0.1) is 0 Å². The van der Waals surface area contributed by atoms with Crippen molar-refractivity contribution >= 4 is 65.8 Å². The van der Waals surface area contributed by atoms with Gasteiger partial charge in [0.15, 0.2) is 0 Å². The molecule has 9 N–H and O–H groups in total. The van der Waals surface area contributed by atoms with Gasteiger partial charge in [0.2, 0.25) is 11.9 Å². The van der Waals surface area contributed by atoms with Gasteiger partial charge < -0.3 is 10.5 Å². The van der Waals surface area contributed by atoms with Crippen molar-refractivity contribution in [3.8, 4) is 11.5 Å². The van der Waals surface area contributed by atoms with Crippen LogP contribution in [0, 0.1) is 13.8 Å². The van der Waals surface area contributed by atoms with Crippen molar-refractivity contribution in [2.45, 2.75) is 59.8 Å². The zero-order chi connectivity index (χ0) is 43.7. The molecule has 0 saturated carbocycles. The summed E-state index contributed by atoms with van der Waals surface area (Å²) in [4.78, 5) is 89.2. The Bertz CT molecular complexity index is 2730. The van der Waals surface area contributed by atoms with Crippen LogP contribution in [0.15, 0.2) is 48.6 Å². The van der Waals surface area contributed by atoms with Crippen LogP contribution in [0.25, 0.3) is 22.1 Å². The Balaban J connectivity index is 1.28. The minimum Gasteiger partial charge on any atom is -0.489 e. The summed E-state index contributed by atoms with van der Waals surface area (Å²) in [5, 5.41) is 14.6. The van der Waals surface area contributed by atoms with Gasteiger partial charge in [0, 0.05) is 18.7 Å². The van der Waals surface area contributed by atoms with Crippen LogP contribution in [-0.4, -0.2) is 96.8 Å². The number of anilines is 2. The van der Waals surface area contributed by atoms with Crippen molar-refractivity contribution in [1.82, 2.24) is 38.7 Å². The van der Waals surface area contributed by atoms with Crippen molar-refractivity contribution in [1.29, 1.82) is 0 Å². The van der Waals surface area contributed by atoms with Crippen LogP contribution >= 0.6 is 8.17 Å². The summed E-state index contributed by atoms with van der Waals surface area (Å²) in [6.07, 6.45) is 3.72. The van der Waals surface area contributed by atoms with E-state index in [-0.39, 0.29) is 72.8 Å². The number of hydrogen-bond acceptors (Lipinski definition) is 14. The predicted octanol–water partition coefficient (Wildman–Crippen LogP) is 2.50. The Labute approximate surface area is 347 Å². The molecule has 1 aliphatic rings. The molecule has 4 aromatic heterocycles. The summed E-state index contributed by atoms with van der Waals surface area (Å²) in [6.45, 7) is 7.96. The zero-order valence-corrected chi connectivity index (χ0v) is 34.6. The third kappa shape index (κ3) is 8.93. The summed E-state index contributed by atoms with van der Waals surface area (Å²) < 4.78 is 23.5. The molecule has 1 atom stereocenters. The first-order chi connectivity index (χ1) is 29.0. The molecule has 5 heterocycles. The molecule has 4 amide bonds. The van der Waals surface area contributed by atoms with E-state index < -0.39 is 37.8 Å². The molecule has 0 aliphatic carbocycles. The number of aryl methyl sites for hydroxylation is 4. The Morgan fingerprint density at radius 2 is 1.41 bits per heavy atom. The first kappa shape index (κ1) is 42.4. The van der Waals surface area contributed by atoms with Crippen molar-refractivity contribution in [3.05, 3.63) is 82.5 Å². The first-order valence-electron chi connectivity index (χ1n) is 19.2. The van der Waals surface area contributed by atoms with Crippen LogP contribution in [-0.2, 0) is 24.2 Å². The predicted molar refractivity (Wildman–Crippen MR) is 222 cm³/mol. The molecule has 0 unspecified atom stereocenters. The summed E-state index contributed by atoms with van der Waals surface area (Å²) in [5.41, 5.74) is 14.9. The molecule has 0 saturated heterocycles. The molecule has 2 aromatic carbocycles. The van der Waals surface area contributed by atoms with Crippen molar-refractivity contribution < 1.29 is 47.9 Å². The van der Waals surface area contributed by atoms with Crippen molar-refractivity contribution in [2.24, 2.45) is 11.5 Å². The zero-order valence-electron chi connectivity index (χ0n) is 33.6. The van der Waals surface area contributed by atoms with Gasteiger partial charge in [-0.25, -0.2) is 4.98 Å². The second kappa shape index (κ2) is 17.1. The van der Waals surface area contributed by atoms with Crippen molar-refractivity contribution in [2.75, 3.05) is 30.5 Å². The van der Waals surface area contributed by atoms with Gasteiger partial charge >= 0.3 is 165 Å². The number of aromatic nitrogens is 8. The van der Waals surface area contributed by atoms with E-state index in [0.29, 0.717) is 52.5 Å². The Morgan fingerprint density at radius 1 is 0.836 bits per heavy atom. The van der Waals surface area contributed by atoms with Crippen LogP contribution < -0.4 is 31.6 Å². The molecule has 23 heteroatoms. The number of imidazole rings is 2. The maximum absolute atomic E-state index is 13.8. The average molecular weight is 861 g/mol. The number of allylic oxidation sites excluding steroid dienone is 1. The monoisotopic (exact) mass is 860 g/mol. The molecule has 7 rings (SSSR count). The van der Waals surface area contributed by atoms with E-state index in [9.17, 15) is 33.9 Å². The van der Waals surface area contributed by atoms with Gasteiger partial charge in [0.05, 0.1) is 16.9 Å². The van der Waals surface area contributed by atoms with Gasteiger partial charge in [-0.2, -0.15) is 10.2 Å². The minimum absolute atomic E-state index is 0.0543. The van der Waals surface area contributed by atoms with E-state index in [4.69, 9.17) is 25.9 Å². The Morgan fingerprint density at radius 3 is 2.00 bits per heavy atom. The quantitative estimate of drug-likeness (QED) is 0.0394. The van der Waals surface area contributed by atoms with E-state index in [1.165, 1.54) is 24.3 Å². The molecular formula is C38H45N12O10P. The second-order valence-corrected chi connectivity index (χ2v) is 15.5. The van der Waals surface area contributed by atoms with E-state index in [1.54, 1.807) is 50.6 Å². The fraction of sp³-hybridized carbons (Fsp3) is 0.316.